The second-order valence-corrected chi connectivity index (χ2v) is 6.23. The summed E-state index contributed by atoms with van der Waals surface area (Å²) in [5.74, 6) is 1.21. The number of carbonyl (C=O) groups excluding carboxylic acids is 1. The summed E-state index contributed by atoms with van der Waals surface area (Å²) in [6.45, 7) is 1.31. The number of carbonyl (C=O) groups is 1. The molecule has 0 atom stereocenters. The Labute approximate surface area is 142 Å². The minimum atomic E-state index is -0.103. The standard InChI is InChI=1S/C20H23NO3/c22-13-16-7-5-15(6-8-16)11-12-21-20(23)18-3-1-2-4-19(18)24-14-17-9-10-17/h1-8,17,22H,9-14H2,(H,21,23). The Morgan fingerprint density at radius 1 is 1.08 bits per heavy atom. The molecule has 1 fully saturated rings. The third-order valence-corrected chi connectivity index (χ3v) is 4.21. The molecule has 1 saturated carbocycles. The van der Waals surface area contributed by atoms with Gasteiger partial charge < -0.3 is 15.2 Å². The van der Waals surface area contributed by atoms with E-state index in [1.807, 2.05) is 42.5 Å². The first-order valence-electron chi connectivity index (χ1n) is 8.45. The topological polar surface area (TPSA) is 58.6 Å². The molecule has 126 valence electrons. The Morgan fingerprint density at radius 2 is 1.79 bits per heavy atom. The first-order chi connectivity index (χ1) is 11.8. The number of aliphatic hydroxyl groups excluding tert-OH is 1. The number of ether oxygens (including phenoxy) is 1. The van der Waals surface area contributed by atoms with Crippen molar-refractivity contribution in [1.29, 1.82) is 0 Å². The molecule has 0 spiro atoms. The van der Waals surface area contributed by atoms with E-state index in [9.17, 15) is 4.79 Å². The van der Waals surface area contributed by atoms with Crippen LogP contribution in [0.4, 0.5) is 0 Å². The number of nitrogens with one attached hydrogen (secondary N) is 1. The van der Waals surface area contributed by atoms with Gasteiger partial charge in [0.1, 0.15) is 5.75 Å². The molecule has 1 amide bonds. The minimum absolute atomic E-state index is 0.0503. The van der Waals surface area contributed by atoms with Crippen LogP contribution in [0.1, 0.15) is 34.3 Å². The lowest BCUT2D eigenvalue weighted by molar-refractivity contribution is 0.0949. The van der Waals surface area contributed by atoms with Gasteiger partial charge in [0.2, 0.25) is 0 Å². The highest BCUT2D eigenvalue weighted by Crippen LogP contribution is 2.30. The van der Waals surface area contributed by atoms with Crippen molar-refractivity contribution in [2.75, 3.05) is 13.2 Å². The lowest BCUT2D eigenvalue weighted by Gasteiger charge is -2.11. The van der Waals surface area contributed by atoms with Crippen molar-refractivity contribution in [3.63, 3.8) is 0 Å². The minimum Gasteiger partial charge on any atom is -0.492 e. The van der Waals surface area contributed by atoms with Crippen molar-refractivity contribution >= 4 is 5.91 Å². The van der Waals surface area contributed by atoms with Gasteiger partial charge in [0, 0.05) is 6.54 Å². The maximum Gasteiger partial charge on any atom is 0.255 e. The number of rotatable bonds is 8. The van der Waals surface area contributed by atoms with E-state index < -0.39 is 0 Å². The van der Waals surface area contributed by atoms with Gasteiger partial charge in [-0.15, -0.1) is 0 Å². The van der Waals surface area contributed by atoms with Crippen LogP contribution in [-0.2, 0) is 13.0 Å². The zero-order chi connectivity index (χ0) is 16.8. The third kappa shape index (κ3) is 4.59. The van der Waals surface area contributed by atoms with Crippen LogP contribution in [0.15, 0.2) is 48.5 Å². The van der Waals surface area contributed by atoms with Crippen LogP contribution >= 0.6 is 0 Å². The molecule has 0 bridgehead atoms. The second-order valence-electron chi connectivity index (χ2n) is 6.23. The summed E-state index contributed by atoms with van der Waals surface area (Å²) < 4.78 is 5.79. The molecular weight excluding hydrogens is 302 g/mol. The highest BCUT2D eigenvalue weighted by Gasteiger charge is 2.23. The average molecular weight is 325 g/mol. The molecule has 0 radical (unpaired) electrons. The third-order valence-electron chi connectivity index (χ3n) is 4.21. The van der Waals surface area contributed by atoms with Crippen molar-refractivity contribution in [3.05, 3.63) is 65.2 Å². The fourth-order valence-electron chi connectivity index (χ4n) is 2.50. The van der Waals surface area contributed by atoms with Gasteiger partial charge in [-0.05, 0) is 48.4 Å². The van der Waals surface area contributed by atoms with E-state index in [-0.39, 0.29) is 12.5 Å². The molecule has 24 heavy (non-hydrogen) atoms. The van der Waals surface area contributed by atoms with Crippen molar-refractivity contribution in [2.24, 2.45) is 5.92 Å². The Balaban J connectivity index is 1.52. The first-order valence-corrected chi connectivity index (χ1v) is 8.45. The van der Waals surface area contributed by atoms with Gasteiger partial charge in [-0.25, -0.2) is 0 Å². The Hall–Kier alpha value is -2.33. The summed E-state index contributed by atoms with van der Waals surface area (Å²) in [6, 6.07) is 15.2. The van der Waals surface area contributed by atoms with Crippen LogP contribution in [-0.4, -0.2) is 24.2 Å². The largest absolute Gasteiger partial charge is 0.492 e. The van der Waals surface area contributed by atoms with Gasteiger partial charge in [-0.3, -0.25) is 4.79 Å². The molecule has 0 aromatic heterocycles. The number of aliphatic hydroxyl groups is 1. The van der Waals surface area contributed by atoms with Gasteiger partial charge >= 0.3 is 0 Å². The second kappa shape index (κ2) is 7.97. The van der Waals surface area contributed by atoms with Crippen LogP contribution < -0.4 is 10.1 Å². The van der Waals surface area contributed by atoms with Crippen molar-refractivity contribution < 1.29 is 14.6 Å². The lowest BCUT2D eigenvalue weighted by atomic mass is 10.1. The van der Waals surface area contributed by atoms with E-state index >= 15 is 0 Å². The molecule has 0 saturated heterocycles. The molecule has 4 nitrogen and oxygen atoms in total. The summed E-state index contributed by atoms with van der Waals surface area (Å²) in [4.78, 5) is 12.4. The molecule has 2 aromatic carbocycles. The van der Waals surface area contributed by atoms with Gasteiger partial charge in [0.05, 0.1) is 18.8 Å². The predicted molar refractivity (Wildman–Crippen MR) is 93.1 cm³/mol. The maximum absolute atomic E-state index is 12.4. The van der Waals surface area contributed by atoms with Gasteiger partial charge in [-0.2, -0.15) is 0 Å². The fourth-order valence-corrected chi connectivity index (χ4v) is 2.50. The van der Waals surface area contributed by atoms with Crippen LogP contribution in [0.5, 0.6) is 5.75 Å². The summed E-state index contributed by atoms with van der Waals surface area (Å²) in [7, 11) is 0. The summed E-state index contributed by atoms with van der Waals surface area (Å²) >= 11 is 0. The SMILES string of the molecule is O=C(NCCc1ccc(CO)cc1)c1ccccc1OCC1CC1. The van der Waals surface area contributed by atoms with E-state index in [1.165, 1.54) is 12.8 Å². The molecule has 1 aliphatic rings. The highest BCUT2D eigenvalue weighted by molar-refractivity contribution is 5.96. The predicted octanol–water partition coefficient (Wildman–Crippen LogP) is 2.94. The summed E-state index contributed by atoms with van der Waals surface area (Å²) in [6.07, 6.45) is 3.20. The van der Waals surface area contributed by atoms with Crippen molar-refractivity contribution in [3.8, 4) is 5.75 Å². The highest BCUT2D eigenvalue weighted by atomic mass is 16.5. The monoisotopic (exact) mass is 325 g/mol. The molecule has 2 N–H and O–H groups in total. The van der Waals surface area contributed by atoms with Crippen LogP contribution in [0.25, 0.3) is 0 Å². The number of amides is 1. The zero-order valence-corrected chi connectivity index (χ0v) is 13.7. The quantitative estimate of drug-likeness (QED) is 0.784. The van der Waals surface area contributed by atoms with Crippen LogP contribution in [0, 0.1) is 5.92 Å². The lowest BCUT2D eigenvalue weighted by Crippen LogP contribution is -2.26. The number of hydrogen-bond acceptors (Lipinski definition) is 3. The van der Waals surface area contributed by atoms with Gasteiger partial charge in [0.15, 0.2) is 0 Å². The normalized spacial score (nSPS) is 13.5. The molecule has 2 aromatic rings. The number of benzene rings is 2. The molecular formula is C20H23NO3. The van der Waals surface area contributed by atoms with Crippen molar-refractivity contribution in [1.82, 2.24) is 5.32 Å². The van der Waals surface area contributed by atoms with E-state index in [2.05, 4.69) is 5.32 Å². The number of hydrogen-bond donors (Lipinski definition) is 2. The molecule has 4 heteroatoms. The Bertz CT molecular complexity index is 678. The fraction of sp³-hybridized carbons (Fsp3) is 0.350. The van der Waals surface area contributed by atoms with E-state index in [4.69, 9.17) is 9.84 Å². The Morgan fingerprint density at radius 3 is 2.50 bits per heavy atom. The molecule has 3 rings (SSSR count). The maximum atomic E-state index is 12.4. The molecule has 0 aliphatic heterocycles. The molecule has 1 aliphatic carbocycles. The van der Waals surface area contributed by atoms with E-state index in [0.29, 0.717) is 30.4 Å². The Kier molecular flexibility index (Phi) is 5.49. The van der Waals surface area contributed by atoms with Gasteiger partial charge in [0.25, 0.3) is 5.91 Å². The van der Waals surface area contributed by atoms with E-state index in [0.717, 1.165) is 17.5 Å². The smallest absolute Gasteiger partial charge is 0.255 e. The summed E-state index contributed by atoms with van der Waals surface area (Å²) in [5.41, 5.74) is 2.61. The van der Waals surface area contributed by atoms with Gasteiger partial charge in [-0.1, -0.05) is 36.4 Å². The molecule has 0 unspecified atom stereocenters. The zero-order valence-electron chi connectivity index (χ0n) is 13.7. The first kappa shape index (κ1) is 16.5. The average Bonchev–Trinajstić information content (AvgIpc) is 3.45. The van der Waals surface area contributed by atoms with Crippen molar-refractivity contribution in [2.45, 2.75) is 25.9 Å². The van der Waals surface area contributed by atoms with Crippen LogP contribution in [0.3, 0.4) is 0 Å². The summed E-state index contributed by atoms with van der Waals surface area (Å²) in [5, 5.41) is 12.0. The van der Waals surface area contributed by atoms with E-state index in [1.54, 1.807) is 6.07 Å². The van der Waals surface area contributed by atoms with Crippen LogP contribution in [0.2, 0.25) is 0 Å². The molecule has 0 heterocycles. The number of para-hydroxylation sites is 1.